The van der Waals surface area contributed by atoms with E-state index in [1.807, 2.05) is 0 Å². The van der Waals surface area contributed by atoms with Gasteiger partial charge in [0.2, 0.25) is 0 Å². The topological polar surface area (TPSA) is 32.5 Å². The Morgan fingerprint density at radius 3 is 2.50 bits per heavy atom. The maximum atomic E-state index is 6.06. The van der Waals surface area contributed by atoms with Crippen molar-refractivity contribution in [1.29, 1.82) is 0 Å². The molecule has 1 fully saturated rings. The molecule has 0 radical (unpaired) electrons. The van der Waals surface area contributed by atoms with E-state index in [1.54, 1.807) is 0 Å². The molecule has 0 heterocycles. The lowest BCUT2D eigenvalue weighted by Gasteiger charge is -2.36. The summed E-state index contributed by atoms with van der Waals surface area (Å²) in [5, 5.41) is 0. The molecule has 1 aliphatic rings. The van der Waals surface area contributed by atoms with Crippen molar-refractivity contribution in [3.8, 4) is 0 Å². The third kappa shape index (κ3) is 4.81. The minimum absolute atomic E-state index is 0.446. The highest BCUT2D eigenvalue weighted by Crippen LogP contribution is 2.22. The van der Waals surface area contributed by atoms with E-state index >= 15 is 0 Å². The molecule has 1 aliphatic carbocycles. The molecular formula is C13H29N3. The van der Waals surface area contributed by atoms with Crippen molar-refractivity contribution >= 4 is 0 Å². The summed E-state index contributed by atoms with van der Waals surface area (Å²) in [6.45, 7) is 5.86. The van der Waals surface area contributed by atoms with E-state index in [2.05, 4.69) is 30.8 Å². The SMILES string of the molecule is CCN(CCCN(C)C)C1CCCC(N)C1. The Kier molecular flexibility index (Phi) is 6.32. The predicted molar refractivity (Wildman–Crippen MR) is 70.6 cm³/mol. The van der Waals surface area contributed by atoms with Crippen molar-refractivity contribution in [2.75, 3.05) is 33.7 Å². The fourth-order valence-electron chi connectivity index (χ4n) is 2.72. The van der Waals surface area contributed by atoms with E-state index in [1.165, 1.54) is 51.7 Å². The van der Waals surface area contributed by atoms with Gasteiger partial charge in [-0.25, -0.2) is 0 Å². The average molecular weight is 227 g/mol. The molecular weight excluding hydrogens is 198 g/mol. The summed E-state index contributed by atoms with van der Waals surface area (Å²) >= 11 is 0. The summed E-state index contributed by atoms with van der Waals surface area (Å²) in [5.74, 6) is 0. The van der Waals surface area contributed by atoms with Crippen LogP contribution in [-0.2, 0) is 0 Å². The first-order valence-corrected chi connectivity index (χ1v) is 6.77. The summed E-state index contributed by atoms with van der Waals surface area (Å²) in [5.41, 5.74) is 6.06. The molecule has 0 saturated heterocycles. The lowest BCUT2D eigenvalue weighted by molar-refractivity contribution is 0.149. The summed E-state index contributed by atoms with van der Waals surface area (Å²) in [4.78, 5) is 4.89. The summed E-state index contributed by atoms with van der Waals surface area (Å²) in [6, 6.07) is 1.19. The first-order valence-electron chi connectivity index (χ1n) is 6.77. The molecule has 1 saturated carbocycles. The molecule has 0 aromatic carbocycles. The standard InChI is InChI=1S/C13H29N3/c1-4-16(10-6-9-15(2)3)13-8-5-7-12(14)11-13/h12-13H,4-11,14H2,1-3H3. The zero-order valence-corrected chi connectivity index (χ0v) is 11.3. The van der Waals surface area contributed by atoms with Gasteiger partial charge in [0, 0.05) is 12.1 Å². The average Bonchev–Trinajstić information content (AvgIpc) is 2.24. The van der Waals surface area contributed by atoms with Crippen molar-refractivity contribution in [2.45, 2.75) is 51.1 Å². The molecule has 0 aromatic rings. The third-order valence-corrected chi connectivity index (χ3v) is 3.66. The second-order valence-electron chi connectivity index (χ2n) is 5.37. The normalized spacial score (nSPS) is 26.6. The van der Waals surface area contributed by atoms with E-state index in [0.29, 0.717) is 6.04 Å². The third-order valence-electron chi connectivity index (χ3n) is 3.66. The first kappa shape index (κ1) is 13.9. The van der Waals surface area contributed by atoms with Gasteiger partial charge in [0.15, 0.2) is 0 Å². The van der Waals surface area contributed by atoms with Crippen LogP contribution in [0.4, 0.5) is 0 Å². The van der Waals surface area contributed by atoms with Gasteiger partial charge in [-0.15, -0.1) is 0 Å². The van der Waals surface area contributed by atoms with Crippen molar-refractivity contribution in [3.05, 3.63) is 0 Å². The van der Waals surface area contributed by atoms with Crippen LogP contribution in [0.15, 0.2) is 0 Å². The van der Waals surface area contributed by atoms with Gasteiger partial charge >= 0.3 is 0 Å². The number of rotatable bonds is 6. The van der Waals surface area contributed by atoms with E-state index in [-0.39, 0.29) is 0 Å². The zero-order valence-electron chi connectivity index (χ0n) is 11.3. The van der Waals surface area contributed by atoms with Crippen LogP contribution >= 0.6 is 0 Å². The molecule has 2 unspecified atom stereocenters. The van der Waals surface area contributed by atoms with Crippen molar-refractivity contribution in [3.63, 3.8) is 0 Å². The molecule has 1 rings (SSSR count). The molecule has 3 heteroatoms. The number of hydrogen-bond acceptors (Lipinski definition) is 3. The van der Waals surface area contributed by atoms with Crippen molar-refractivity contribution in [2.24, 2.45) is 5.73 Å². The van der Waals surface area contributed by atoms with Gasteiger partial charge < -0.3 is 15.5 Å². The van der Waals surface area contributed by atoms with Crippen LogP contribution in [0.1, 0.15) is 39.0 Å². The Hall–Kier alpha value is -0.120. The smallest absolute Gasteiger partial charge is 0.0110 e. The minimum atomic E-state index is 0.446. The fourth-order valence-corrected chi connectivity index (χ4v) is 2.72. The molecule has 2 atom stereocenters. The predicted octanol–water partition coefficient (Wildman–Crippen LogP) is 1.53. The van der Waals surface area contributed by atoms with E-state index in [4.69, 9.17) is 5.73 Å². The van der Waals surface area contributed by atoms with Gasteiger partial charge in [0.05, 0.1) is 0 Å². The molecule has 0 bridgehead atoms. The second kappa shape index (κ2) is 7.25. The highest BCUT2D eigenvalue weighted by atomic mass is 15.2. The van der Waals surface area contributed by atoms with Crippen LogP contribution in [0, 0.1) is 0 Å². The second-order valence-corrected chi connectivity index (χ2v) is 5.37. The summed E-state index contributed by atoms with van der Waals surface area (Å²) in [7, 11) is 4.29. The Labute approximate surface area is 101 Å². The molecule has 0 aromatic heterocycles. The first-order chi connectivity index (χ1) is 7.63. The maximum absolute atomic E-state index is 6.06. The van der Waals surface area contributed by atoms with Crippen LogP contribution in [0.3, 0.4) is 0 Å². The largest absolute Gasteiger partial charge is 0.328 e. The fraction of sp³-hybridized carbons (Fsp3) is 1.00. The lowest BCUT2D eigenvalue weighted by Crippen LogP contribution is -2.43. The molecule has 16 heavy (non-hydrogen) atoms. The number of nitrogens with zero attached hydrogens (tertiary/aromatic N) is 2. The number of hydrogen-bond donors (Lipinski definition) is 1. The van der Waals surface area contributed by atoms with E-state index < -0.39 is 0 Å². The quantitative estimate of drug-likeness (QED) is 0.747. The van der Waals surface area contributed by atoms with Crippen LogP contribution < -0.4 is 5.73 Å². The van der Waals surface area contributed by atoms with Crippen LogP contribution in [0.25, 0.3) is 0 Å². The molecule has 2 N–H and O–H groups in total. The van der Waals surface area contributed by atoms with Crippen LogP contribution in [0.2, 0.25) is 0 Å². The Morgan fingerprint density at radius 2 is 1.94 bits per heavy atom. The molecule has 0 spiro atoms. The van der Waals surface area contributed by atoms with Gasteiger partial charge in [0.1, 0.15) is 0 Å². The summed E-state index contributed by atoms with van der Waals surface area (Å²) in [6.07, 6.45) is 6.37. The monoisotopic (exact) mass is 227 g/mol. The van der Waals surface area contributed by atoms with Crippen LogP contribution in [-0.4, -0.2) is 55.6 Å². The number of nitrogens with two attached hydrogens (primary N) is 1. The van der Waals surface area contributed by atoms with Gasteiger partial charge in [-0.05, 0) is 59.4 Å². The Morgan fingerprint density at radius 1 is 1.19 bits per heavy atom. The van der Waals surface area contributed by atoms with Crippen molar-refractivity contribution < 1.29 is 0 Å². The molecule has 0 aliphatic heterocycles. The Bertz CT molecular complexity index is 182. The molecule has 3 nitrogen and oxygen atoms in total. The van der Waals surface area contributed by atoms with E-state index in [0.717, 1.165) is 6.04 Å². The molecule has 96 valence electrons. The van der Waals surface area contributed by atoms with E-state index in [9.17, 15) is 0 Å². The highest BCUT2D eigenvalue weighted by molar-refractivity contribution is 4.81. The molecule has 0 amide bonds. The maximum Gasteiger partial charge on any atom is 0.0110 e. The summed E-state index contributed by atoms with van der Waals surface area (Å²) < 4.78 is 0. The highest BCUT2D eigenvalue weighted by Gasteiger charge is 2.23. The van der Waals surface area contributed by atoms with Gasteiger partial charge in [-0.1, -0.05) is 13.3 Å². The Balaban J connectivity index is 2.28. The van der Waals surface area contributed by atoms with Gasteiger partial charge in [-0.3, -0.25) is 0 Å². The zero-order chi connectivity index (χ0) is 12.0. The minimum Gasteiger partial charge on any atom is -0.328 e. The van der Waals surface area contributed by atoms with Gasteiger partial charge in [0.25, 0.3) is 0 Å². The van der Waals surface area contributed by atoms with Crippen LogP contribution in [0.5, 0.6) is 0 Å². The lowest BCUT2D eigenvalue weighted by atomic mass is 9.90. The van der Waals surface area contributed by atoms with Crippen molar-refractivity contribution in [1.82, 2.24) is 9.80 Å². The van der Waals surface area contributed by atoms with Gasteiger partial charge in [-0.2, -0.15) is 0 Å².